The molecule has 0 radical (unpaired) electrons. The number of nitrogens with zero attached hydrogens (tertiary/aromatic N) is 2. The van der Waals surface area contributed by atoms with Gasteiger partial charge in [-0.05, 0) is 52.9 Å². The van der Waals surface area contributed by atoms with Gasteiger partial charge < -0.3 is 8.97 Å². The largest absolute Gasteiger partial charge is 0.447 e. The van der Waals surface area contributed by atoms with E-state index in [2.05, 4.69) is 130 Å². The lowest BCUT2D eigenvalue weighted by atomic mass is 9.98. The van der Waals surface area contributed by atoms with Gasteiger partial charge in [0.25, 0.3) is 0 Å². The van der Waals surface area contributed by atoms with Crippen LogP contribution in [-0.2, 0) is 11.2 Å². The minimum atomic E-state index is -2.61. The quantitative estimate of drug-likeness (QED) is 0.229. The molecule has 6 rings (SSSR count). The topological polar surface area (TPSA) is 34.5 Å². The first-order chi connectivity index (χ1) is 18.2. The molecule has 5 heteroatoms. The Balaban J connectivity index is 1.72. The lowest BCUT2D eigenvalue weighted by molar-refractivity contribution is 0.151. The fourth-order valence-corrected chi connectivity index (χ4v) is 12.6. The molecule has 0 aliphatic carbocycles. The van der Waals surface area contributed by atoms with Crippen molar-refractivity contribution in [2.24, 2.45) is 0 Å². The van der Waals surface area contributed by atoms with Crippen LogP contribution < -0.4 is 10.4 Å². The van der Waals surface area contributed by atoms with Gasteiger partial charge in [0, 0.05) is 17.1 Å². The second-order valence-corrected chi connectivity index (χ2v) is 16.5. The molecule has 1 aromatic heterocycles. The molecule has 194 valence electrons. The van der Waals surface area contributed by atoms with E-state index in [1.54, 1.807) is 0 Å². The highest BCUT2D eigenvalue weighted by atomic mass is 28.3. The van der Waals surface area contributed by atoms with Gasteiger partial charge in [0.2, 0.25) is 8.24 Å². The molecular weight excluding hydrogens is 484 g/mol. The third kappa shape index (κ3) is 3.59. The van der Waals surface area contributed by atoms with Crippen LogP contribution in [0.25, 0.3) is 10.9 Å². The van der Waals surface area contributed by atoms with E-state index in [0.29, 0.717) is 6.61 Å². The number of cyclic esters (lactones) is 1. The summed E-state index contributed by atoms with van der Waals surface area (Å²) >= 11 is 0. The zero-order valence-electron chi connectivity index (χ0n) is 22.9. The molecule has 1 fully saturated rings. The molecule has 0 spiro atoms. The van der Waals surface area contributed by atoms with Gasteiger partial charge in [-0.2, -0.15) is 0 Å². The molecule has 2 atom stereocenters. The molecule has 0 saturated carbocycles. The number of amides is 1. The Labute approximate surface area is 226 Å². The maximum Gasteiger partial charge on any atom is 0.410 e. The molecular formula is C33H36N2O2Si. The summed E-state index contributed by atoms with van der Waals surface area (Å²) in [5, 5.41) is 4.06. The fourth-order valence-electron chi connectivity index (χ4n) is 6.97. The van der Waals surface area contributed by atoms with Crippen molar-refractivity contribution in [2.45, 2.75) is 58.2 Å². The summed E-state index contributed by atoms with van der Waals surface area (Å²) < 4.78 is 8.27. The number of aromatic nitrogens is 1. The maximum atomic E-state index is 12.9. The van der Waals surface area contributed by atoms with E-state index in [0.717, 1.165) is 6.42 Å². The molecule has 0 bridgehead atoms. The van der Waals surface area contributed by atoms with Crippen molar-refractivity contribution in [3.05, 3.63) is 108 Å². The first-order valence-electron chi connectivity index (χ1n) is 13.6. The van der Waals surface area contributed by atoms with Crippen LogP contribution in [-0.4, -0.2) is 36.1 Å². The molecule has 38 heavy (non-hydrogen) atoms. The summed E-state index contributed by atoms with van der Waals surface area (Å²) in [4.78, 5) is 14.9. The van der Waals surface area contributed by atoms with Gasteiger partial charge in [-0.1, -0.05) is 105 Å². The first kappa shape index (κ1) is 24.7. The van der Waals surface area contributed by atoms with E-state index in [-0.39, 0.29) is 23.2 Å². The summed E-state index contributed by atoms with van der Waals surface area (Å²) in [6.45, 7) is 11.9. The summed E-state index contributed by atoms with van der Waals surface area (Å²) in [5.41, 5.74) is 4.95. The van der Waals surface area contributed by atoms with E-state index in [4.69, 9.17) is 4.74 Å². The van der Waals surface area contributed by atoms with E-state index in [1.807, 2.05) is 4.90 Å². The Morgan fingerprint density at radius 1 is 0.921 bits per heavy atom. The number of carbonyl (C=O) groups excluding carboxylic acids is 1. The number of ether oxygens (including phenoxy) is 1. The number of fused-ring (bicyclic) bond motifs is 1. The molecule has 2 aliphatic rings. The van der Waals surface area contributed by atoms with Gasteiger partial charge in [-0.3, -0.25) is 4.90 Å². The third-order valence-electron chi connectivity index (χ3n) is 8.34. The fraction of sp³-hybridized carbons (Fsp3) is 0.303. The average molecular weight is 521 g/mol. The van der Waals surface area contributed by atoms with Crippen molar-refractivity contribution < 1.29 is 9.53 Å². The van der Waals surface area contributed by atoms with Crippen molar-refractivity contribution in [3.8, 4) is 0 Å². The van der Waals surface area contributed by atoms with Crippen molar-refractivity contribution in [2.75, 3.05) is 6.61 Å². The Bertz CT molecular complexity index is 1490. The minimum Gasteiger partial charge on any atom is -0.447 e. The lowest BCUT2D eigenvalue weighted by Gasteiger charge is -2.45. The monoisotopic (exact) mass is 520 g/mol. The van der Waals surface area contributed by atoms with Gasteiger partial charge in [0.05, 0.1) is 12.1 Å². The first-order valence-corrected chi connectivity index (χ1v) is 15.5. The Hall–Kier alpha value is -3.57. The van der Waals surface area contributed by atoms with E-state index < -0.39 is 8.24 Å². The van der Waals surface area contributed by atoms with Crippen LogP contribution in [0.15, 0.2) is 96.7 Å². The highest BCUT2D eigenvalue weighted by molar-refractivity contribution is 7.03. The molecule has 3 heterocycles. The lowest BCUT2D eigenvalue weighted by Crippen LogP contribution is -2.69. The number of hydrogen-bond donors (Lipinski definition) is 0. The molecule has 1 saturated heterocycles. The summed E-state index contributed by atoms with van der Waals surface area (Å²) in [6.07, 6.45) is 5.23. The van der Waals surface area contributed by atoms with Crippen molar-refractivity contribution in [1.29, 1.82) is 0 Å². The molecule has 0 N–H and O–H groups in total. The SMILES string of the molecule is CC(C)=C[C@@H]1c2cccc3c2c(cn3[Si](c2ccccc2)(c2ccccc2)C(C)(C)C)C[C@H]2COC(=O)N21. The second-order valence-electron chi connectivity index (χ2n) is 12.0. The maximum absolute atomic E-state index is 12.9. The number of benzene rings is 3. The van der Waals surface area contributed by atoms with E-state index in [9.17, 15) is 4.79 Å². The van der Waals surface area contributed by atoms with Crippen LogP contribution in [0.4, 0.5) is 4.79 Å². The predicted octanol–water partition coefficient (Wildman–Crippen LogP) is 6.43. The van der Waals surface area contributed by atoms with Gasteiger partial charge >= 0.3 is 6.09 Å². The van der Waals surface area contributed by atoms with Crippen LogP contribution >= 0.6 is 0 Å². The standard InChI is InChI=1S/C33H36N2O2Si/c1-23(2)19-30-28-17-12-18-29-31(28)24(20-25-22-37-32(36)35(25)30)21-34(29)38(33(3,4)5,26-13-8-6-9-14-26)27-15-10-7-11-16-27/h6-19,21,25,30H,20,22H2,1-5H3/t25-,30+/m0/s1. The predicted molar refractivity (Wildman–Crippen MR) is 158 cm³/mol. The van der Waals surface area contributed by atoms with Gasteiger partial charge in [0.15, 0.2) is 0 Å². The summed E-state index contributed by atoms with van der Waals surface area (Å²) in [7, 11) is -2.61. The van der Waals surface area contributed by atoms with Crippen molar-refractivity contribution in [3.63, 3.8) is 0 Å². The highest BCUT2D eigenvalue weighted by Crippen LogP contribution is 2.44. The van der Waals surface area contributed by atoms with Crippen molar-refractivity contribution >= 4 is 35.6 Å². The Kier molecular flexibility index (Phi) is 5.87. The van der Waals surface area contributed by atoms with Gasteiger partial charge in [-0.15, -0.1) is 0 Å². The Morgan fingerprint density at radius 3 is 2.13 bits per heavy atom. The van der Waals surface area contributed by atoms with Gasteiger partial charge in [-0.25, -0.2) is 4.79 Å². The smallest absolute Gasteiger partial charge is 0.410 e. The molecule has 0 unspecified atom stereocenters. The molecule has 4 nitrogen and oxygen atoms in total. The second kappa shape index (κ2) is 9.02. The average Bonchev–Trinajstić information content (AvgIpc) is 3.40. The normalized spacial score (nSPS) is 19.2. The van der Waals surface area contributed by atoms with Gasteiger partial charge in [0.1, 0.15) is 6.61 Å². The molecule has 3 aromatic carbocycles. The van der Waals surface area contributed by atoms with Crippen LogP contribution in [0.3, 0.4) is 0 Å². The third-order valence-corrected chi connectivity index (χ3v) is 13.9. The number of hydrogen-bond acceptors (Lipinski definition) is 2. The zero-order chi connectivity index (χ0) is 26.7. The molecule has 4 aromatic rings. The van der Waals surface area contributed by atoms with Crippen molar-refractivity contribution in [1.82, 2.24) is 9.13 Å². The number of rotatable bonds is 4. The van der Waals surface area contributed by atoms with Crippen LogP contribution in [0.2, 0.25) is 5.04 Å². The van der Waals surface area contributed by atoms with Crippen LogP contribution in [0.1, 0.15) is 51.8 Å². The summed E-state index contributed by atoms with van der Waals surface area (Å²) in [6, 6.07) is 28.8. The zero-order valence-corrected chi connectivity index (χ0v) is 23.9. The number of allylic oxidation sites excluding steroid dienone is 1. The Morgan fingerprint density at radius 2 is 1.55 bits per heavy atom. The molecule has 1 amide bonds. The molecule has 2 aliphatic heterocycles. The van der Waals surface area contributed by atoms with Crippen LogP contribution in [0, 0.1) is 0 Å². The highest BCUT2D eigenvalue weighted by Gasteiger charge is 2.51. The number of carbonyl (C=O) groups is 1. The summed E-state index contributed by atoms with van der Waals surface area (Å²) in [5.74, 6) is 0. The minimum absolute atomic E-state index is 0.0219. The van der Waals surface area contributed by atoms with Crippen LogP contribution in [0.5, 0.6) is 0 Å². The van der Waals surface area contributed by atoms with E-state index >= 15 is 0 Å². The van der Waals surface area contributed by atoms with E-state index in [1.165, 1.54) is 38.0 Å².